The van der Waals surface area contributed by atoms with Crippen molar-refractivity contribution >= 4 is 22.6 Å². The van der Waals surface area contributed by atoms with Crippen LogP contribution in [0.1, 0.15) is 5.56 Å². The molecule has 0 aliphatic carbocycles. The van der Waals surface area contributed by atoms with E-state index in [4.69, 9.17) is 21.0 Å². The molecule has 124 valence electrons. The first kappa shape index (κ1) is 16.7. The van der Waals surface area contributed by atoms with Gasteiger partial charge in [0.1, 0.15) is 11.3 Å². The normalized spacial score (nSPS) is 12.3. The molecule has 3 nitrogen and oxygen atoms in total. The van der Waals surface area contributed by atoms with Gasteiger partial charge >= 0.3 is 0 Å². The number of nitrogens with one attached hydrogen (secondary N) is 1. The maximum absolute atomic E-state index is 6.10. The highest BCUT2D eigenvalue weighted by molar-refractivity contribution is 6.30. The molecule has 0 radical (unpaired) electrons. The standard InChI is InChI=1S/C20H21ClN2O/c1-14-4-9-19-17(12-14)18(22-10-11-23(2)3)13-20(24-19)15-5-7-16(21)8-6-15/h4-9,12-13H,10-11H2,1-3H3/p+1. The van der Waals surface area contributed by atoms with Gasteiger partial charge in [-0.05, 0) is 43.3 Å². The number of fused-ring (bicyclic) bond motifs is 1. The molecule has 1 N–H and O–H groups in total. The van der Waals surface area contributed by atoms with Crippen LogP contribution in [0.15, 0.2) is 57.9 Å². The van der Waals surface area contributed by atoms with E-state index < -0.39 is 0 Å². The lowest BCUT2D eigenvalue weighted by molar-refractivity contribution is -0.856. The number of hydrogen-bond donors (Lipinski definition) is 1. The average molecular weight is 342 g/mol. The van der Waals surface area contributed by atoms with Crippen LogP contribution in [0.4, 0.5) is 0 Å². The lowest BCUT2D eigenvalue weighted by Gasteiger charge is -2.07. The average Bonchev–Trinajstić information content (AvgIpc) is 2.55. The quantitative estimate of drug-likeness (QED) is 0.776. The molecular weight excluding hydrogens is 320 g/mol. The summed E-state index contributed by atoms with van der Waals surface area (Å²) in [7, 11) is 4.27. The van der Waals surface area contributed by atoms with E-state index in [0.717, 1.165) is 40.7 Å². The molecule has 1 aromatic heterocycles. The van der Waals surface area contributed by atoms with Crippen LogP contribution < -0.4 is 10.3 Å². The first-order valence-corrected chi connectivity index (χ1v) is 8.51. The Labute approximate surface area is 147 Å². The molecule has 3 rings (SSSR count). The largest absolute Gasteiger partial charge is 0.456 e. The van der Waals surface area contributed by atoms with Crippen LogP contribution in [0.5, 0.6) is 0 Å². The number of aryl methyl sites for hydroxylation is 1. The monoisotopic (exact) mass is 341 g/mol. The van der Waals surface area contributed by atoms with E-state index in [1.165, 1.54) is 10.5 Å². The second-order valence-electron chi connectivity index (χ2n) is 6.34. The van der Waals surface area contributed by atoms with Gasteiger partial charge in [-0.2, -0.15) is 0 Å². The third-order valence-corrected chi connectivity index (χ3v) is 4.17. The highest BCUT2D eigenvalue weighted by Gasteiger charge is 2.06. The fourth-order valence-electron chi connectivity index (χ4n) is 2.57. The van der Waals surface area contributed by atoms with E-state index in [-0.39, 0.29) is 0 Å². The zero-order valence-electron chi connectivity index (χ0n) is 14.3. The predicted octanol–water partition coefficient (Wildman–Crippen LogP) is 3.11. The summed E-state index contributed by atoms with van der Waals surface area (Å²) in [6, 6.07) is 15.9. The van der Waals surface area contributed by atoms with Crippen molar-refractivity contribution in [3.05, 3.63) is 64.5 Å². The van der Waals surface area contributed by atoms with E-state index in [0.29, 0.717) is 5.02 Å². The summed E-state index contributed by atoms with van der Waals surface area (Å²) in [5.74, 6) is 0.805. The van der Waals surface area contributed by atoms with Gasteiger partial charge in [0.15, 0.2) is 0 Å². The third kappa shape index (κ3) is 3.86. The summed E-state index contributed by atoms with van der Waals surface area (Å²) in [6.45, 7) is 3.87. The molecule has 24 heavy (non-hydrogen) atoms. The summed E-state index contributed by atoms with van der Waals surface area (Å²) >= 11 is 5.99. The second kappa shape index (κ2) is 7.20. The zero-order chi connectivity index (χ0) is 17.1. The van der Waals surface area contributed by atoms with Crippen molar-refractivity contribution in [1.29, 1.82) is 0 Å². The van der Waals surface area contributed by atoms with Crippen molar-refractivity contribution in [3.63, 3.8) is 0 Å². The molecule has 4 heteroatoms. The Balaban J connectivity index is 2.15. The van der Waals surface area contributed by atoms with E-state index in [9.17, 15) is 0 Å². The molecule has 0 atom stereocenters. The van der Waals surface area contributed by atoms with E-state index in [1.807, 2.05) is 36.4 Å². The van der Waals surface area contributed by atoms with Crippen LogP contribution in [0.2, 0.25) is 5.02 Å². The van der Waals surface area contributed by atoms with Gasteiger partial charge in [-0.1, -0.05) is 23.2 Å². The number of halogens is 1. The maximum atomic E-state index is 6.10. The summed E-state index contributed by atoms with van der Waals surface area (Å²) in [4.78, 5) is 6.20. The summed E-state index contributed by atoms with van der Waals surface area (Å²) in [5, 5.41) is 2.75. The number of nitrogens with zero attached hydrogens (tertiary/aromatic N) is 1. The topological polar surface area (TPSA) is 29.9 Å². The third-order valence-electron chi connectivity index (χ3n) is 3.92. The summed E-state index contributed by atoms with van der Waals surface area (Å²) in [5.41, 5.74) is 3.05. The van der Waals surface area contributed by atoms with Crippen LogP contribution in [-0.2, 0) is 0 Å². The first-order valence-electron chi connectivity index (χ1n) is 8.13. The number of hydrogen-bond acceptors (Lipinski definition) is 2. The number of likely N-dealkylation sites (N-methyl/N-ethyl adjacent to an activating group) is 1. The van der Waals surface area contributed by atoms with Crippen molar-refractivity contribution in [2.45, 2.75) is 6.92 Å². The van der Waals surface area contributed by atoms with Gasteiger partial charge < -0.3 is 9.32 Å². The minimum atomic E-state index is 0.717. The lowest BCUT2D eigenvalue weighted by Crippen LogP contribution is -3.06. The number of benzene rings is 2. The minimum absolute atomic E-state index is 0.717. The number of rotatable bonds is 4. The van der Waals surface area contributed by atoms with Gasteiger partial charge in [0, 0.05) is 22.0 Å². The zero-order valence-corrected chi connectivity index (χ0v) is 15.0. The van der Waals surface area contributed by atoms with Gasteiger partial charge in [-0.15, -0.1) is 0 Å². The van der Waals surface area contributed by atoms with Gasteiger partial charge in [-0.3, -0.25) is 4.99 Å². The molecule has 0 fully saturated rings. The van der Waals surface area contributed by atoms with Crippen molar-refractivity contribution in [2.75, 3.05) is 27.2 Å². The SMILES string of the molecule is Cc1ccc2oc(-c3ccc(Cl)cc3)cc(=NCC[NH+](C)C)c2c1. The van der Waals surface area contributed by atoms with Crippen LogP contribution in [-0.4, -0.2) is 27.2 Å². The van der Waals surface area contributed by atoms with E-state index >= 15 is 0 Å². The predicted molar refractivity (Wildman–Crippen MR) is 99.5 cm³/mol. The molecular formula is C20H22ClN2O+. The highest BCUT2D eigenvalue weighted by Crippen LogP contribution is 2.24. The van der Waals surface area contributed by atoms with Gasteiger partial charge in [0.2, 0.25) is 0 Å². The van der Waals surface area contributed by atoms with Crippen LogP contribution in [0, 0.1) is 6.92 Å². The lowest BCUT2D eigenvalue weighted by atomic mass is 10.1. The van der Waals surface area contributed by atoms with E-state index in [2.05, 4.69) is 33.2 Å². The molecule has 0 saturated heterocycles. The molecule has 1 heterocycles. The molecule has 0 aliphatic rings. The Morgan fingerprint density at radius 1 is 1.04 bits per heavy atom. The molecule has 3 aromatic rings. The maximum Gasteiger partial charge on any atom is 0.136 e. The molecule has 0 bridgehead atoms. The molecule has 0 amide bonds. The van der Waals surface area contributed by atoms with E-state index in [1.54, 1.807) is 0 Å². The number of quaternary nitrogens is 1. The van der Waals surface area contributed by atoms with Crippen LogP contribution >= 0.6 is 11.6 Å². The van der Waals surface area contributed by atoms with Crippen molar-refractivity contribution in [3.8, 4) is 11.3 Å². The Morgan fingerprint density at radius 3 is 2.50 bits per heavy atom. The highest BCUT2D eigenvalue weighted by atomic mass is 35.5. The molecule has 0 unspecified atom stereocenters. The Hall–Kier alpha value is -2.10. The molecule has 0 spiro atoms. The molecule has 0 saturated carbocycles. The van der Waals surface area contributed by atoms with Gasteiger partial charge in [0.25, 0.3) is 0 Å². The summed E-state index contributed by atoms with van der Waals surface area (Å²) in [6.07, 6.45) is 0. The first-order chi connectivity index (χ1) is 11.5. The van der Waals surface area contributed by atoms with Crippen molar-refractivity contribution < 1.29 is 9.32 Å². The van der Waals surface area contributed by atoms with Gasteiger partial charge in [-0.25, -0.2) is 0 Å². The molecule has 0 aliphatic heterocycles. The fourth-order valence-corrected chi connectivity index (χ4v) is 2.70. The van der Waals surface area contributed by atoms with Crippen LogP contribution in [0.25, 0.3) is 22.3 Å². The molecule has 2 aromatic carbocycles. The Bertz CT molecular complexity index is 911. The Morgan fingerprint density at radius 2 is 1.79 bits per heavy atom. The van der Waals surface area contributed by atoms with Crippen molar-refractivity contribution in [2.24, 2.45) is 4.99 Å². The Kier molecular flexibility index (Phi) is 5.03. The fraction of sp³-hybridized carbons (Fsp3) is 0.250. The minimum Gasteiger partial charge on any atom is -0.456 e. The van der Waals surface area contributed by atoms with Gasteiger partial charge in [0.05, 0.1) is 32.5 Å². The second-order valence-corrected chi connectivity index (χ2v) is 6.78. The van der Waals surface area contributed by atoms with Crippen LogP contribution in [0.3, 0.4) is 0 Å². The van der Waals surface area contributed by atoms with Crippen molar-refractivity contribution in [1.82, 2.24) is 0 Å². The summed E-state index contributed by atoms with van der Waals surface area (Å²) < 4.78 is 6.10. The smallest absolute Gasteiger partial charge is 0.136 e.